The van der Waals surface area contributed by atoms with Crippen LogP contribution in [0.1, 0.15) is 0 Å². The predicted octanol–water partition coefficient (Wildman–Crippen LogP) is 1.39. The predicted molar refractivity (Wildman–Crippen MR) is 48.2 cm³/mol. The van der Waals surface area contributed by atoms with E-state index < -0.39 is 0 Å². The van der Waals surface area contributed by atoms with Crippen molar-refractivity contribution < 1.29 is 0 Å². The molecule has 2 N–H and O–H groups in total. The average Bonchev–Trinajstić information content (AvgIpc) is 2.03. The minimum absolute atomic E-state index is 0.647. The summed E-state index contributed by atoms with van der Waals surface area (Å²) in [6.45, 7) is 0. The van der Waals surface area contributed by atoms with E-state index in [-0.39, 0.29) is 0 Å². The normalized spacial score (nSPS) is 9.00. The fourth-order valence-electron chi connectivity index (χ4n) is 0.645. The third-order valence-corrected chi connectivity index (χ3v) is 2.11. The van der Waals surface area contributed by atoms with Gasteiger partial charge in [-0.15, -0.1) is 18.2 Å². The molecule has 0 atom stereocenters. The van der Waals surface area contributed by atoms with Gasteiger partial charge in [0.2, 0.25) is 0 Å². The number of nitrogens with zero attached hydrogens (tertiary/aromatic N) is 1. The van der Waals surface area contributed by atoms with Gasteiger partial charge in [-0.25, -0.2) is 0 Å². The lowest BCUT2D eigenvalue weighted by Gasteiger charge is -1.99. The number of thioether (sulfide) groups is 1. The number of anilines is 1. The number of hydrogen-bond acceptors (Lipinski definition) is 3. The summed E-state index contributed by atoms with van der Waals surface area (Å²) in [6, 6.07) is 1.86. The highest BCUT2D eigenvalue weighted by Crippen LogP contribution is 2.22. The third-order valence-electron chi connectivity index (χ3n) is 1.12. The summed E-state index contributed by atoms with van der Waals surface area (Å²) >= 11 is 1.55. The summed E-state index contributed by atoms with van der Waals surface area (Å²) < 4.78 is 0. The highest BCUT2D eigenvalue weighted by Gasteiger charge is 1.95. The highest BCUT2D eigenvalue weighted by molar-refractivity contribution is 7.99. The van der Waals surface area contributed by atoms with Gasteiger partial charge in [0.15, 0.2) is 0 Å². The molecule has 1 rings (SSSR count). The molecule has 0 saturated carbocycles. The van der Waals surface area contributed by atoms with Gasteiger partial charge < -0.3 is 5.73 Å². The molecule has 3 heteroatoms. The lowest BCUT2D eigenvalue weighted by atomic mass is 10.4. The van der Waals surface area contributed by atoms with Crippen LogP contribution in [0.25, 0.3) is 0 Å². The van der Waals surface area contributed by atoms with Crippen molar-refractivity contribution in [1.29, 1.82) is 0 Å². The Kier molecular flexibility index (Phi) is 2.82. The van der Waals surface area contributed by atoms with Crippen LogP contribution in [-0.2, 0) is 0 Å². The van der Waals surface area contributed by atoms with E-state index in [0.29, 0.717) is 11.4 Å². The molecule has 0 radical (unpaired) electrons. The SMILES string of the molecule is C#CCSc1ccncc1N. The van der Waals surface area contributed by atoms with E-state index in [0.717, 1.165) is 4.90 Å². The van der Waals surface area contributed by atoms with Gasteiger partial charge >= 0.3 is 0 Å². The zero-order chi connectivity index (χ0) is 8.10. The summed E-state index contributed by atoms with van der Waals surface area (Å²) in [6.07, 6.45) is 8.43. The van der Waals surface area contributed by atoms with E-state index >= 15 is 0 Å². The van der Waals surface area contributed by atoms with Crippen LogP contribution in [0.2, 0.25) is 0 Å². The van der Waals surface area contributed by atoms with Gasteiger partial charge in [0.25, 0.3) is 0 Å². The summed E-state index contributed by atoms with van der Waals surface area (Å²) in [7, 11) is 0. The van der Waals surface area contributed by atoms with Gasteiger partial charge in [0.05, 0.1) is 17.6 Å². The maximum Gasteiger partial charge on any atom is 0.0639 e. The first kappa shape index (κ1) is 7.96. The number of pyridine rings is 1. The molecular weight excluding hydrogens is 156 g/mol. The molecule has 0 aliphatic carbocycles. The van der Waals surface area contributed by atoms with E-state index in [9.17, 15) is 0 Å². The van der Waals surface area contributed by atoms with E-state index in [1.807, 2.05) is 6.07 Å². The van der Waals surface area contributed by atoms with Gasteiger partial charge in [-0.05, 0) is 6.07 Å². The van der Waals surface area contributed by atoms with E-state index in [2.05, 4.69) is 10.9 Å². The molecule has 0 spiro atoms. The first-order valence-electron chi connectivity index (χ1n) is 3.10. The molecule has 0 unspecified atom stereocenters. The van der Waals surface area contributed by atoms with Crippen molar-refractivity contribution in [2.75, 3.05) is 11.5 Å². The molecular formula is C8H8N2S. The molecule has 1 heterocycles. The van der Waals surface area contributed by atoms with Gasteiger partial charge in [-0.3, -0.25) is 4.98 Å². The lowest BCUT2D eigenvalue weighted by molar-refractivity contribution is 1.27. The van der Waals surface area contributed by atoms with Crippen LogP contribution in [0.15, 0.2) is 23.4 Å². The molecule has 0 saturated heterocycles. The fourth-order valence-corrected chi connectivity index (χ4v) is 1.26. The number of terminal acetylenes is 1. The molecule has 1 aromatic heterocycles. The number of nitrogen functional groups attached to an aromatic ring is 1. The van der Waals surface area contributed by atoms with E-state index in [1.54, 1.807) is 24.2 Å². The van der Waals surface area contributed by atoms with Crippen LogP contribution >= 0.6 is 11.8 Å². The van der Waals surface area contributed by atoms with Crippen molar-refractivity contribution in [1.82, 2.24) is 4.98 Å². The second kappa shape index (κ2) is 3.89. The van der Waals surface area contributed by atoms with Crippen LogP contribution in [-0.4, -0.2) is 10.7 Å². The van der Waals surface area contributed by atoms with E-state index in [1.165, 1.54) is 0 Å². The summed E-state index contributed by atoms with van der Waals surface area (Å²) in [5, 5.41) is 0. The Balaban J connectivity index is 2.71. The van der Waals surface area contributed by atoms with Crippen LogP contribution in [0, 0.1) is 12.3 Å². The molecule has 0 amide bonds. The molecule has 0 aromatic carbocycles. The molecule has 11 heavy (non-hydrogen) atoms. The summed E-state index contributed by atoms with van der Waals surface area (Å²) in [5.74, 6) is 3.18. The molecule has 0 bridgehead atoms. The number of rotatable bonds is 2. The second-order valence-corrected chi connectivity index (χ2v) is 2.92. The van der Waals surface area contributed by atoms with Crippen molar-refractivity contribution in [3.05, 3.63) is 18.5 Å². The zero-order valence-corrected chi connectivity index (χ0v) is 6.77. The summed E-state index contributed by atoms with van der Waals surface area (Å²) in [5.41, 5.74) is 6.30. The first-order valence-corrected chi connectivity index (χ1v) is 4.09. The fraction of sp³-hybridized carbons (Fsp3) is 0.125. The molecule has 1 aromatic rings. The van der Waals surface area contributed by atoms with Crippen molar-refractivity contribution in [2.24, 2.45) is 0 Å². The Labute approximate surface area is 70.2 Å². The van der Waals surface area contributed by atoms with Gasteiger partial charge in [-0.1, -0.05) is 5.92 Å². The minimum Gasteiger partial charge on any atom is -0.397 e. The molecule has 0 aliphatic rings. The van der Waals surface area contributed by atoms with Gasteiger partial charge in [0.1, 0.15) is 0 Å². The van der Waals surface area contributed by atoms with Crippen LogP contribution in [0.5, 0.6) is 0 Å². The maximum atomic E-state index is 5.61. The van der Waals surface area contributed by atoms with Gasteiger partial charge in [-0.2, -0.15) is 0 Å². The smallest absolute Gasteiger partial charge is 0.0639 e. The van der Waals surface area contributed by atoms with Gasteiger partial charge in [0, 0.05) is 11.1 Å². The van der Waals surface area contributed by atoms with Crippen molar-refractivity contribution in [3.8, 4) is 12.3 Å². The molecule has 0 fully saturated rings. The number of nitrogens with two attached hydrogens (primary N) is 1. The monoisotopic (exact) mass is 164 g/mol. The van der Waals surface area contributed by atoms with Crippen LogP contribution in [0.4, 0.5) is 5.69 Å². The second-order valence-electron chi connectivity index (χ2n) is 1.91. The number of hydrogen-bond donors (Lipinski definition) is 1. The van der Waals surface area contributed by atoms with Crippen LogP contribution < -0.4 is 5.73 Å². The Hall–Kier alpha value is -1.14. The Morgan fingerprint density at radius 3 is 3.18 bits per heavy atom. The quantitative estimate of drug-likeness (QED) is 0.530. The first-order chi connectivity index (χ1) is 5.34. The third kappa shape index (κ3) is 2.17. The Bertz CT molecular complexity index is 278. The Morgan fingerprint density at radius 1 is 1.73 bits per heavy atom. The Morgan fingerprint density at radius 2 is 2.55 bits per heavy atom. The maximum absolute atomic E-state index is 5.61. The lowest BCUT2D eigenvalue weighted by Crippen LogP contribution is -1.89. The summed E-state index contributed by atoms with van der Waals surface area (Å²) in [4.78, 5) is 4.86. The van der Waals surface area contributed by atoms with Crippen molar-refractivity contribution >= 4 is 17.4 Å². The minimum atomic E-state index is 0.647. The zero-order valence-electron chi connectivity index (χ0n) is 5.95. The highest BCUT2D eigenvalue weighted by atomic mass is 32.2. The number of aromatic nitrogens is 1. The molecule has 2 nitrogen and oxygen atoms in total. The van der Waals surface area contributed by atoms with Crippen molar-refractivity contribution in [2.45, 2.75) is 4.90 Å². The average molecular weight is 164 g/mol. The van der Waals surface area contributed by atoms with E-state index in [4.69, 9.17) is 12.2 Å². The molecule has 56 valence electrons. The van der Waals surface area contributed by atoms with Crippen molar-refractivity contribution in [3.63, 3.8) is 0 Å². The largest absolute Gasteiger partial charge is 0.397 e. The topological polar surface area (TPSA) is 38.9 Å². The van der Waals surface area contributed by atoms with Crippen LogP contribution in [0.3, 0.4) is 0 Å². The molecule has 0 aliphatic heterocycles. The standard InChI is InChI=1S/C8H8N2S/c1-2-5-11-8-3-4-10-6-7(8)9/h1,3-4,6H,5,9H2.